The van der Waals surface area contributed by atoms with Crippen molar-refractivity contribution >= 4 is 16.7 Å². The Morgan fingerprint density at radius 2 is 1.61 bits per heavy atom. The zero-order chi connectivity index (χ0) is 15.6. The lowest BCUT2D eigenvalue weighted by molar-refractivity contribution is 0.0791. The lowest BCUT2D eigenvalue weighted by atomic mass is 9.99. The molecule has 0 radical (unpaired) electrons. The van der Waals surface area contributed by atoms with Crippen LogP contribution in [0, 0.1) is 0 Å². The molecule has 23 heavy (non-hydrogen) atoms. The molecule has 0 aliphatic carbocycles. The highest BCUT2D eigenvalue weighted by Crippen LogP contribution is 2.28. The highest BCUT2D eigenvalue weighted by atomic mass is 16.2. The quantitative estimate of drug-likeness (QED) is 0.684. The molecule has 1 heterocycles. The molecule has 114 valence electrons. The molecule has 1 saturated heterocycles. The molecular weight excluding hydrogens is 282 g/mol. The number of fused-ring (bicyclic) bond motifs is 1. The van der Waals surface area contributed by atoms with Gasteiger partial charge in [0.25, 0.3) is 5.91 Å². The first-order chi connectivity index (χ1) is 11.3. The van der Waals surface area contributed by atoms with Crippen molar-refractivity contribution in [1.29, 1.82) is 0 Å². The summed E-state index contributed by atoms with van der Waals surface area (Å²) in [6.45, 7) is 1.65. The number of carbonyl (C=O) groups is 1. The third-order valence-electron chi connectivity index (χ3n) is 4.74. The summed E-state index contributed by atoms with van der Waals surface area (Å²) in [6, 6.07) is 24.7. The largest absolute Gasteiger partial charge is 0.338 e. The van der Waals surface area contributed by atoms with Gasteiger partial charge in [0.15, 0.2) is 0 Å². The van der Waals surface area contributed by atoms with Crippen LogP contribution < -0.4 is 0 Å². The van der Waals surface area contributed by atoms with E-state index in [1.807, 2.05) is 41.3 Å². The van der Waals surface area contributed by atoms with Gasteiger partial charge in [-0.2, -0.15) is 0 Å². The zero-order valence-electron chi connectivity index (χ0n) is 13.0. The Bertz CT molecular complexity index is 841. The number of benzene rings is 3. The van der Waals surface area contributed by atoms with Crippen LogP contribution in [0.3, 0.4) is 0 Å². The molecule has 1 unspecified atom stereocenters. The second-order valence-electron chi connectivity index (χ2n) is 6.21. The average molecular weight is 301 g/mol. The molecule has 0 saturated carbocycles. The van der Waals surface area contributed by atoms with Crippen molar-refractivity contribution in [2.75, 3.05) is 13.1 Å². The molecule has 1 amide bonds. The Balaban J connectivity index is 1.55. The first-order valence-electron chi connectivity index (χ1n) is 8.14. The van der Waals surface area contributed by atoms with Crippen molar-refractivity contribution in [1.82, 2.24) is 4.90 Å². The van der Waals surface area contributed by atoms with Gasteiger partial charge < -0.3 is 4.90 Å². The summed E-state index contributed by atoms with van der Waals surface area (Å²) in [7, 11) is 0. The lowest BCUT2D eigenvalue weighted by Gasteiger charge is -2.17. The molecule has 0 bridgehead atoms. The van der Waals surface area contributed by atoms with E-state index >= 15 is 0 Å². The number of amides is 1. The number of rotatable bonds is 2. The van der Waals surface area contributed by atoms with Crippen LogP contribution in [-0.2, 0) is 0 Å². The van der Waals surface area contributed by atoms with E-state index in [0.29, 0.717) is 5.92 Å². The summed E-state index contributed by atoms with van der Waals surface area (Å²) >= 11 is 0. The Kier molecular flexibility index (Phi) is 3.58. The van der Waals surface area contributed by atoms with Gasteiger partial charge in [0.2, 0.25) is 0 Å². The monoisotopic (exact) mass is 301 g/mol. The van der Waals surface area contributed by atoms with E-state index in [-0.39, 0.29) is 5.91 Å². The van der Waals surface area contributed by atoms with E-state index in [2.05, 4.69) is 36.4 Å². The van der Waals surface area contributed by atoms with Crippen molar-refractivity contribution in [3.63, 3.8) is 0 Å². The predicted octanol–water partition coefficient (Wildman–Crippen LogP) is 4.47. The van der Waals surface area contributed by atoms with E-state index in [1.54, 1.807) is 0 Å². The fourth-order valence-electron chi connectivity index (χ4n) is 3.45. The fourth-order valence-corrected chi connectivity index (χ4v) is 3.45. The molecule has 1 atom stereocenters. The second-order valence-corrected chi connectivity index (χ2v) is 6.21. The van der Waals surface area contributed by atoms with Gasteiger partial charge in [-0.3, -0.25) is 4.79 Å². The molecule has 0 aromatic heterocycles. The molecule has 1 aliphatic heterocycles. The zero-order valence-corrected chi connectivity index (χ0v) is 13.0. The van der Waals surface area contributed by atoms with E-state index in [1.165, 1.54) is 10.9 Å². The summed E-state index contributed by atoms with van der Waals surface area (Å²) in [5, 5.41) is 2.30. The first-order valence-corrected chi connectivity index (χ1v) is 8.14. The minimum absolute atomic E-state index is 0.147. The predicted molar refractivity (Wildman–Crippen MR) is 93.7 cm³/mol. The van der Waals surface area contributed by atoms with Crippen molar-refractivity contribution in [2.45, 2.75) is 12.3 Å². The highest BCUT2D eigenvalue weighted by molar-refractivity contribution is 5.98. The van der Waals surface area contributed by atoms with Crippen molar-refractivity contribution < 1.29 is 4.79 Å². The number of nitrogens with zero attached hydrogens (tertiary/aromatic N) is 1. The Hall–Kier alpha value is -2.61. The Labute approximate surface area is 136 Å². The lowest BCUT2D eigenvalue weighted by Crippen LogP contribution is -2.28. The van der Waals surface area contributed by atoms with Gasteiger partial charge in [0.05, 0.1) is 0 Å². The molecule has 0 spiro atoms. The van der Waals surface area contributed by atoms with Crippen LogP contribution in [0.25, 0.3) is 10.8 Å². The van der Waals surface area contributed by atoms with Gasteiger partial charge in [-0.15, -0.1) is 0 Å². The number of carbonyl (C=O) groups excluding carboxylic acids is 1. The van der Waals surface area contributed by atoms with Crippen molar-refractivity contribution in [2.24, 2.45) is 0 Å². The average Bonchev–Trinajstić information content (AvgIpc) is 3.11. The second kappa shape index (κ2) is 5.88. The number of hydrogen-bond donors (Lipinski definition) is 0. The van der Waals surface area contributed by atoms with Crippen LogP contribution in [0.1, 0.15) is 28.3 Å². The normalized spacial score (nSPS) is 17.6. The topological polar surface area (TPSA) is 20.3 Å². The maximum Gasteiger partial charge on any atom is 0.253 e. The minimum atomic E-state index is 0.147. The summed E-state index contributed by atoms with van der Waals surface area (Å²) < 4.78 is 0. The molecule has 3 aromatic carbocycles. The van der Waals surface area contributed by atoms with Gasteiger partial charge in [-0.05, 0) is 34.9 Å². The number of likely N-dealkylation sites (tertiary alicyclic amines) is 1. The Morgan fingerprint density at radius 3 is 2.43 bits per heavy atom. The van der Waals surface area contributed by atoms with Gasteiger partial charge >= 0.3 is 0 Å². The van der Waals surface area contributed by atoms with Crippen LogP contribution in [-0.4, -0.2) is 23.9 Å². The molecule has 3 aromatic rings. The van der Waals surface area contributed by atoms with E-state index in [0.717, 1.165) is 30.5 Å². The maximum atomic E-state index is 12.8. The third-order valence-corrected chi connectivity index (χ3v) is 4.74. The molecule has 2 heteroatoms. The van der Waals surface area contributed by atoms with E-state index < -0.39 is 0 Å². The van der Waals surface area contributed by atoms with Crippen LogP contribution in [0.4, 0.5) is 0 Å². The summed E-state index contributed by atoms with van der Waals surface area (Å²) in [4.78, 5) is 14.8. The van der Waals surface area contributed by atoms with Crippen molar-refractivity contribution in [3.8, 4) is 0 Å². The molecule has 4 rings (SSSR count). The molecule has 1 aliphatic rings. The molecular formula is C21H19NO. The molecule has 1 fully saturated rings. The maximum absolute atomic E-state index is 12.8. The van der Waals surface area contributed by atoms with Crippen LogP contribution in [0.15, 0.2) is 72.8 Å². The van der Waals surface area contributed by atoms with Crippen LogP contribution >= 0.6 is 0 Å². The molecule has 0 N–H and O–H groups in total. The number of hydrogen-bond acceptors (Lipinski definition) is 1. The third kappa shape index (κ3) is 2.72. The first kappa shape index (κ1) is 14.0. The van der Waals surface area contributed by atoms with Gasteiger partial charge in [0.1, 0.15) is 0 Å². The van der Waals surface area contributed by atoms with Crippen LogP contribution in [0.2, 0.25) is 0 Å². The van der Waals surface area contributed by atoms with Crippen LogP contribution in [0.5, 0.6) is 0 Å². The van der Waals surface area contributed by atoms with Gasteiger partial charge in [0, 0.05) is 24.6 Å². The van der Waals surface area contributed by atoms with E-state index in [4.69, 9.17) is 0 Å². The van der Waals surface area contributed by atoms with Crippen molar-refractivity contribution in [3.05, 3.63) is 83.9 Å². The van der Waals surface area contributed by atoms with Gasteiger partial charge in [-0.1, -0.05) is 60.7 Å². The fraction of sp³-hybridized carbons (Fsp3) is 0.190. The van der Waals surface area contributed by atoms with E-state index in [9.17, 15) is 4.79 Å². The minimum Gasteiger partial charge on any atom is -0.338 e. The summed E-state index contributed by atoms with van der Waals surface area (Å²) in [5.41, 5.74) is 2.12. The highest BCUT2D eigenvalue weighted by Gasteiger charge is 2.27. The SMILES string of the molecule is O=C(c1ccc2ccccc2c1)N1CCC(c2ccccc2)C1. The van der Waals surface area contributed by atoms with Gasteiger partial charge in [-0.25, -0.2) is 0 Å². The summed E-state index contributed by atoms with van der Waals surface area (Å²) in [6.07, 6.45) is 1.04. The standard InChI is InChI=1S/C21H19NO/c23-21(19-11-10-17-8-4-5-9-18(17)14-19)22-13-12-20(15-22)16-6-2-1-3-7-16/h1-11,14,20H,12-13,15H2. The molecule has 2 nitrogen and oxygen atoms in total. The smallest absolute Gasteiger partial charge is 0.253 e. The Morgan fingerprint density at radius 1 is 0.870 bits per heavy atom. The summed E-state index contributed by atoms with van der Waals surface area (Å²) in [5.74, 6) is 0.606.